The van der Waals surface area contributed by atoms with Crippen molar-refractivity contribution >= 4 is 44.6 Å². The number of hydrogen-bond acceptors (Lipinski definition) is 3. The van der Waals surface area contributed by atoms with Crippen LogP contribution >= 0.6 is 38.9 Å². The zero-order chi connectivity index (χ0) is 12.4. The Morgan fingerprint density at radius 1 is 1.41 bits per heavy atom. The van der Waals surface area contributed by atoms with Crippen LogP contribution in [-0.4, -0.2) is 0 Å². The second-order valence-corrected chi connectivity index (χ2v) is 5.95. The summed E-state index contributed by atoms with van der Waals surface area (Å²) < 4.78 is 19.7. The van der Waals surface area contributed by atoms with Crippen LogP contribution < -0.4 is 10.5 Å². The van der Waals surface area contributed by atoms with Crippen LogP contribution in [0.5, 0.6) is 5.75 Å². The smallest absolute Gasteiger partial charge is 0.145 e. The first-order chi connectivity index (χ1) is 8.06. The molecule has 0 spiro atoms. The largest absolute Gasteiger partial charge is 0.486 e. The predicted octanol–water partition coefficient (Wildman–Crippen LogP) is 4.46. The lowest BCUT2D eigenvalue weighted by Crippen LogP contribution is -1.98. The maximum Gasteiger partial charge on any atom is 0.145 e. The molecule has 2 nitrogen and oxygen atoms in total. The molecule has 0 unspecified atom stereocenters. The highest BCUT2D eigenvalue weighted by molar-refractivity contribution is 9.10. The number of anilines is 1. The molecule has 1 heterocycles. The van der Waals surface area contributed by atoms with Gasteiger partial charge in [0.05, 0.1) is 14.5 Å². The van der Waals surface area contributed by atoms with Crippen molar-refractivity contribution in [2.45, 2.75) is 6.61 Å². The van der Waals surface area contributed by atoms with Crippen LogP contribution in [0.3, 0.4) is 0 Å². The summed E-state index contributed by atoms with van der Waals surface area (Å²) >= 11 is 10.3. The zero-order valence-corrected chi connectivity index (χ0v) is 11.7. The van der Waals surface area contributed by atoms with E-state index in [2.05, 4.69) is 15.9 Å². The highest BCUT2D eigenvalue weighted by atomic mass is 79.9. The molecule has 0 aliphatic rings. The first-order valence-corrected chi connectivity index (χ1v) is 6.66. The molecular formula is C11H8BrClFNOS. The maximum atomic E-state index is 13.3. The number of rotatable bonds is 3. The fourth-order valence-corrected chi connectivity index (χ4v) is 2.61. The number of thiophene rings is 1. The van der Waals surface area contributed by atoms with Gasteiger partial charge in [-0.15, -0.1) is 11.3 Å². The number of halogens is 3. The third kappa shape index (κ3) is 3.12. The monoisotopic (exact) mass is 335 g/mol. The minimum Gasteiger partial charge on any atom is -0.486 e. The van der Waals surface area contributed by atoms with E-state index in [-0.39, 0.29) is 0 Å². The number of hydrogen-bond donors (Lipinski definition) is 1. The summed E-state index contributed by atoms with van der Waals surface area (Å²) in [5, 5.41) is 0. The van der Waals surface area contributed by atoms with E-state index in [0.29, 0.717) is 26.9 Å². The summed E-state index contributed by atoms with van der Waals surface area (Å²) in [6, 6.07) is 6.38. The zero-order valence-electron chi connectivity index (χ0n) is 8.54. The van der Waals surface area contributed by atoms with Crippen molar-refractivity contribution < 1.29 is 9.13 Å². The maximum absolute atomic E-state index is 13.3. The van der Waals surface area contributed by atoms with Crippen LogP contribution in [0, 0.1) is 5.82 Å². The first-order valence-electron chi connectivity index (χ1n) is 4.68. The highest BCUT2D eigenvalue weighted by Crippen LogP contribution is 2.30. The Hall–Kier alpha value is -0.780. The van der Waals surface area contributed by atoms with Crippen LogP contribution in [0.25, 0.3) is 0 Å². The highest BCUT2D eigenvalue weighted by Gasteiger charge is 2.08. The lowest BCUT2D eigenvalue weighted by molar-refractivity contribution is 0.310. The van der Waals surface area contributed by atoms with Gasteiger partial charge in [0.15, 0.2) is 0 Å². The van der Waals surface area contributed by atoms with Crippen LogP contribution in [-0.2, 0) is 6.61 Å². The molecule has 0 saturated carbocycles. The molecule has 90 valence electrons. The van der Waals surface area contributed by atoms with Crippen molar-refractivity contribution in [1.82, 2.24) is 0 Å². The van der Waals surface area contributed by atoms with E-state index >= 15 is 0 Å². The van der Waals surface area contributed by atoms with Crippen molar-refractivity contribution in [1.29, 1.82) is 0 Å². The molecular weight excluding hydrogens is 329 g/mol. The SMILES string of the molecule is Nc1cc(Br)c(F)cc1OCc1ccc(Cl)s1. The third-order valence-electron chi connectivity index (χ3n) is 2.05. The molecule has 0 bridgehead atoms. The summed E-state index contributed by atoms with van der Waals surface area (Å²) in [5.74, 6) is -0.0753. The summed E-state index contributed by atoms with van der Waals surface area (Å²) in [4.78, 5) is 0.956. The Kier molecular flexibility index (Phi) is 3.91. The van der Waals surface area contributed by atoms with E-state index in [9.17, 15) is 4.39 Å². The van der Waals surface area contributed by atoms with E-state index in [4.69, 9.17) is 22.1 Å². The Balaban J connectivity index is 2.11. The van der Waals surface area contributed by atoms with Crippen molar-refractivity contribution in [2.24, 2.45) is 0 Å². The Morgan fingerprint density at radius 3 is 2.82 bits per heavy atom. The van der Waals surface area contributed by atoms with Crippen LogP contribution in [0.2, 0.25) is 4.34 Å². The molecule has 0 saturated heterocycles. The topological polar surface area (TPSA) is 35.2 Å². The molecule has 2 aromatic rings. The second-order valence-electron chi connectivity index (χ2n) is 3.30. The average molecular weight is 337 g/mol. The van der Waals surface area contributed by atoms with Gasteiger partial charge in [0.2, 0.25) is 0 Å². The number of benzene rings is 1. The van der Waals surface area contributed by atoms with E-state index in [1.165, 1.54) is 23.5 Å². The van der Waals surface area contributed by atoms with Crippen LogP contribution in [0.15, 0.2) is 28.7 Å². The molecule has 6 heteroatoms. The summed E-state index contributed by atoms with van der Waals surface area (Å²) in [5.41, 5.74) is 6.11. The minimum atomic E-state index is -0.404. The number of nitrogen functional groups attached to an aromatic ring is 1. The van der Waals surface area contributed by atoms with Crippen LogP contribution in [0.4, 0.5) is 10.1 Å². The minimum absolute atomic E-state index is 0.321. The Labute approximate surface area is 115 Å². The average Bonchev–Trinajstić information content (AvgIpc) is 2.68. The molecule has 0 atom stereocenters. The van der Waals surface area contributed by atoms with Crippen molar-refractivity contribution in [3.05, 3.63) is 43.8 Å². The Morgan fingerprint density at radius 2 is 2.18 bits per heavy atom. The van der Waals surface area contributed by atoms with Gasteiger partial charge in [-0.3, -0.25) is 0 Å². The standard InChI is InChI=1S/C11H8BrClFNOS/c12-7-3-9(15)10(4-8(7)14)16-5-6-1-2-11(13)17-6/h1-4H,5,15H2. The molecule has 1 aromatic carbocycles. The van der Waals surface area contributed by atoms with Crippen molar-refractivity contribution in [3.8, 4) is 5.75 Å². The van der Waals surface area contributed by atoms with E-state index in [1.54, 1.807) is 6.07 Å². The van der Waals surface area contributed by atoms with Gasteiger partial charge in [-0.05, 0) is 34.1 Å². The molecule has 0 radical (unpaired) electrons. The van der Waals surface area contributed by atoms with E-state index in [1.807, 2.05) is 6.07 Å². The van der Waals surface area contributed by atoms with Gasteiger partial charge < -0.3 is 10.5 Å². The first kappa shape index (κ1) is 12.7. The molecule has 0 amide bonds. The van der Waals surface area contributed by atoms with Crippen LogP contribution in [0.1, 0.15) is 4.88 Å². The van der Waals surface area contributed by atoms with Crippen molar-refractivity contribution in [2.75, 3.05) is 5.73 Å². The van der Waals surface area contributed by atoms with Gasteiger partial charge in [-0.25, -0.2) is 4.39 Å². The lowest BCUT2D eigenvalue weighted by Gasteiger charge is -2.08. The van der Waals surface area contributed by atoms with Gasteiger partial charge in [0.1, 0.15) is 18.2 Å². The molecule has 2 rings (SSSR count). The molecule has 0 aliphatic heterocycles. The lowest BCUT2D eigenvalue weighted by atomic mass is 10.3. The van der Waals surface area contributed by atoms with Crippen molar-refractivity contribution in [3.63, 3.8) is 0 Å². The fourth-order valence-electron chi connectivity index (χ4n) is 1.25. The molecule has 0 fully saturated rings. The van der Waals surface area contributed by atoms with E-state index in [0.717, 1.165) is 4.88 Å². The second kappa shape index (κ2) is 5.25. The van der Waals surface area contributed by atoms with Gasteiger partial charge >= 0.3 is 0 Å². The fraction of sp³-hybridized carbons (Fsp3) is 0.0909. The third-order valence-corrected chi connectivity index (χ3v) is 3.86. The number of ether oxygens (including phenoxy) is 1. The normalized spacial score (nSPS) is 10.5. The predicted molar refractivity (Wildman–Crippen MR) is 72.2 cm³/mol. The summed E-state index contributed by atoms with van der Waals surface area (Å²) in [6.07, 6.45) is 0. The molecule has 1 aromatic heterocycles. The Bertz CT molecular complexity index is 546. The van der Waals surface area contributed by atoms with E-state index < -0.39 is 5.82 Å². The van der Waals surface area contributed by atoms with Gasteiger partial charge in [0, 0.05) is 10.9 Å². The summed E-state index contributed by atoms with van der Waals surface area (Å²) in [6.45, 7) is 0.322. The summed E-state index contributed by atoms with van der Waals surface area (Å²) in [7, 11) is 0. The molecule has 0 aliphatic carbocycles. The molecule has 17 heavy (non-hydrogen) atoms. The quantitative estimate of drug-likeness (QED) is 0.840. The van der Waals surface area contributed by atoms with Gasteiger partial charge in [-0.2, -0.15) is 0 Å². The number of nitrogens with two attached hydrogens (primary N) is 1. The van der Waals surface area contributed by atoms with Gasteiger partial charge in [-0.1, -0.05) is 11.6 Å². The molecule has 2 N–H and O–H groups in total. The van der Waals surface area contributed by atoms with Gasteiger partial charge in [0.25, 0.3) is 0 Å².